The Balaban J connectivity index is 1.68. The molecule has 2 fully saturated rings. The minimum Gasteiger partial charge on any atom is -0.491 e. The van der Waals surface area contributed by atoms with Crippen molar-refractivity contribution in [3.63, 3.8) is 0 Å². The lowest BCUT2D eigenvalue weighted by atomic mass is 10.1. The Hall–Kier alpha value is -1.81. The lowest BCUT2D eigenvalue weighted by Crippen LogP contribution is -2.35. The minimum atomic E-state index is 0.156. The third-order valence-corrected chi connectivity index (χ3v) is 4.95. The van der Waals surface area contributed by atoms with Crippen molar-refractivity contribution >= 4 is 10.8 Å². The van der Waals surface area contributed by atoms with Gasteiger partial charge >= 0.3 is 0 Å². The van der Waals surface area contributed by atoms with Crippen LogP contribution in [-0.2, 0) is 0 Å². The molecule has 3 atom stereocenters. The van der Waals surface area contributed by atoms with E-state index in [2.05, 4.69) is 29.4 Å². The Morgan fingerprint density at radius 3 is 2.83 bits per heavy atom. The number of hydrogen-bond donors (Lipinski definition) is 1. The zero-order valence-electron chi connectivity index (χ0n) is 14.0. The van der Waals surface area contributed by atoms with E-state index in [-0.39, 0.29) is 12.2 Å². The maximum Gasteiger partial charge on any atom is 0.221 e. The zero-order chi connectivity index (χ0) is 16.0. The predicted octanol–water partition coefficient (Wildman–Crippen LogP) is 3.46. The topological polar surface area (TPSA) is 43.4 Å². The van der Waals surface area contributed by atoms with Gasteiger partial charge in [0.15, 0.2) is 0 Å². The van der Waals surface area contributed by atoms with E-state index in [4.69, 9.17) is 9.47 Å². The summed E-state index contributed by atoms with van der Waals surface area (Å²) < 4.78 is 12.2. The minimum absolute atomic E-state index is 0.156. The molecule has 1 saturated heterocycles. The van der Waals surface area contributed by atoms with E-state index in [1.165, 1.54) is 6.42 Å². The molecule has 122 valence electrons. The van der Waals surface area contributed by atoms with Crippen LogP contribution in [0.2, 0.25) is 0 Å². The number of fused-ring (bicyclic) bond motifs is 3. The first-order chi connectivity index (χ1) is 11.1. The number of benzene rings is 1. The molecular weight excluding hydrogens is 288 g/mol. The van der Waals surface area contributed by atoms with E-state index in [1.807, 2.05) is 26.1 Å². The number of piperidine rings is 1. The Bertz CT molecular complexity index is 729. The summed E-state index contributed by atoms with van der Waals surface area (Å²) >= 11 is 0. The van der Waals surface area contributed by atoms with Gasteiger partial charge in [-0.15, -0.1) is 0 Å². The molecule has 0 amide bonds. The maximum absolute atomic E-state index is 6.32. The molecule has 2 bridgehead atoms. The van der Waals surface area contributed by atoms with Gasteiger partial charge in [-0.1, -0.05) is 0 Å². The van der Waals surface area contributed by atoms with Gasteiger partial charge in [0.25, 0.3) is 0 Å². The van der Waals surface area contributed by atoms with E-state index >= 15 is 0 Å². The summed E-state index contributed by atoms with van der Waals surface area (Å²) in [6.07, 6.45) is 4.60. The quantitative estimate of drug-likeness (QED) is 0.939. The van der Waals surface area contributed by atoms with Crippen LogP contribution >= 0.6 is 0 Å². The van der Waals surface area contributed by atoms with Crippen molar-refractivity contribution in [3.05, 3.63) is 30.0 Å². The molecule has 2 heterocycles. The third-order valence-electron chi connectivity index (χ3n) is 4.95. The van der Waals surface area contributed by atoms with Gasteiger partial charge in [0.2, 0.25) is 5.88 Å². The monoisotopic (exact) mass is 312 g/mol. The molecule has 0 radical (unpaired) electrons. The number of ether oxygens (including phenoxy) is 2. The van der Waals surface area contributed by atoms with Crippen LogP contribution in [0.25, 0.3) is 10.8 Å². The largest absolute Gasteiger partial charge is 0.491 e. The number of aromatic nitrogens is 1. The van der Waals surface area contributed by atoms with E-state index in [9.17, 15) is 0 Å². The number of hydrogen-bond acceptors (Lipinski definition) is 4. The summed E-state index contributed by atoms with van der Waals surface area (Å²) in [6.45, 7) is 7.25. The van der Waals surface area contributed by atoms with Crippen LogP contribution in [0.1, 0.15) is 32.3 Å². The Morgan fingerprint density at radius 1 is 1.26 bits per heavy atom. The smallest absolute Gasteiger partial charge is 0.221 e. The van der Waals surface area contributed by atoms with Crippen molar-refractivity contribution in [2.45, 2.75) is 51.9 Å². The fraction of sp³-hybridized carbons (Fsp3) is 0.526. The second kappa shape index (κ2) is 5.68. The Labute approximate surface area is 137 Å². The molecule has 1 aromatic heterocycles. The van der Waals surface area contributed by atoms with Gasteiger partial charge in [-0.3, -0.25) is 0 Å². The highest BCUT2D eigenvalue weighted by molar-refractivity contribution is 5.89. The second-order valence-corrected chi connectivity index (χ2v) is 7.11. The van der Waals surface area contributed by atoms with Crippen LogP contribution < -0.4 is 14.8 Å². The van der Waals surface area contributed by atoms with Gasteiger partial charge in [-0.25, -0.2) is 4.98 Å². The molecule has 1 N–H and O–H groups in total. The Kier molecular flexibility index (Phi) is 3.64. The first-order valence-corrected chi connectivity index (χ1v) is 8.56. The maximum atomic E-state index is 6.32. The van der Waals surface area contributed by atoms with Crippen molar-refractivity contribution in [1.82, 2.24) is 10.3 Å². The first-order valence-electron chi connectivity index (χ1n) is 8.56. The Morgan fingerprint density at radius 2 is 2.13 bits per heavy atom. The van der Waals surface area contributed by atoms with Gasteiger partial charge in [-0.05, 0) is 62.8 Å². The molecule has 2 aromatic rings. The van der Waals surface area contributed by atoms with Gasteiger partial charge in [0.05, 0.1) is 6.10 Å². The molecule has 1 aromatic carbocycles. The summed E-state index contributed by atoms with van der Waals surface area (Å²) in [6, 6.07) is 6.90. The van der Waals surface area contributed by atoms with Crippen LogP contribution in [-0.4, -0.2) is 29.8 Å². The van der Waals surface area contributed by atoms with E-state index < -0.39 is 0 Å². The SMILES string of the molecule is Cc1cc2ccnc(O[C@@H]3CC4C[C@@H]3CN4)c2cc1OC(C)C. The summed E-state index contributed by atoms with van der Waals surface area (Å²) in [5.74, 6) is 2.28. The molecular formula is C19H24N2O2. The van der Waals surface area contributed by atoms with Crippen LogP contribution in [0.5, 0.6) is 11.6 Å². The lowest BCUT2D eigenvalue weighted by molar-refractivity contribution is 0.142. The average molecular weight is 312 g/mol. The first kappa shape index (κ1) is 14.8. The summed E-state index contributed by atoms with van der Waals surface area (Å²) in [5, 5.41) is 5.73. The van der Waals surface area contributed by atoms with E-state index in [0.717, 1.165) is 40.9 Å². The molecule has 0 spiro atoms. The van der Waals surface area contributed by atoms with Crippen LogP contribution in [0, 0.1) is 12.8 Å². The van der Waals surface area contributed by atoms with Crippen molar-refractivity contribution in [1.29, 1.82) is 0 Å². The van der Waals surface area contributed by atoms with Gasteiger partial charge in [0.1, 0.15) is 11.9 Å². The molecule has 1 unspecified atom stereocenters. The second-order valence-electron chi connectivity index (χ2n) is 7.11. The van der Waals surface area contributed by atoms with Crippen LogP contribution in [0.15, 0.2) is 24.4 Å². The molecule has 1 aliphatic carbocycles. The highest BCUT2D eigenvalue weighted by Gasteiger charge is 2.41. The average Bonchev–Trinajstić information content (AvgIpc) is 3.11. The summed E-state index contributed by atoms with van der Waals surface area (Å²) in [5.41, 5.74) is 1.15. The number of pyridine rings is 1. The van der Waals surface area contributed by atoms with E-state index in [0.29, 0.717) is 12.0 Å². The summed E-state index contributed by atoms with van der Waals surface area (Å²) in [7, 11) is 0. The van der Waals surface area contributed by atoms with Crippen molar-refractivity contribution in [3.8, 4) is 11.6 Å². The van der Waals surface area contributed by atoms with Crippen molar-refractivity contribution in [2.75, 3.05) is 6.54 Å². The molecule has 4 rings (SSSR count). The third kappa shape index (κ3) is 2.76. The van der Waals surface area contributed by atoms with E-state index in [1.54, 1.807) is 0 Å². The number of nitrogens with one attached hydrogen (secondary N) is 1. The van der Waals surface area contributed by atoms with Crippen LogP contribution in [0.3, 0.4) is 0 Å². The highest BCUT2D eigenvalue weighted by Crippen LogP contribution is 2.37. The van der Waals surface area contributed by atoms with Gasteiger partial charge in [0, 0.05) is 30.1 Å². The molecule has 2 aliphatic rings. The lowest BCUT2D eigenvalue weighted by Gasteiger charge is -2.24. The highest BCUT2D eigenvalue weighted by atomic mass is 16.5. The summed E-state index contributed by atoms with van der Waals surface area (Å²) in [4.78, 5) is 4.51. The fourth-order valence-electron chi connectivity index (χ4n) is 3.84. The molecule has 1 saturated carbocycles. The normalized spacial score (nSPS) is 26.2. The van der Waals surface area contributed by atoms with Crippen LogP contribution in [0.4, 0.5) is 0 Å². The number of aryl methyl sites for hydroxylation is 1. The van der Waals surface area contributed by atoms with Crippen molar-refractivity contribution in [2.24, 2.45) is 5.92 Å². The molecule has 23 heavy (non-hydrogen) atoms. The van der Waals surface area contributed by atoms with Gasteiger partial charge in [-0.2, -0.15) is 0 Å². The van der Waals surface area contributed by atoms with Gasteiger partial charge < -0.3 is 14.8 Å². The predicted molar refractivity (Wildman–Crippen MR) is 91.2 cm³/mol. The number of rotatable bonds is 4. The molecule has 1 aliphatic heterocycles. The number of nitrogens with zero attached hydrogens (tertiary/aromatic N) is 1. The zero-order valence-corrected chi connectivity index (χ0v) is 14.0. The fourth-order valence-corrected chi connectivity index (χ4v) is 3.84. The molecule has 4 nitrogen and oxygen atoms in total. The van der Waals surface area contributed by atoms with Crippen molar-refractivity contribution < 1.29 is 9.47 Å². The molecule has 4 heteroatoms. The standard InChI is InChI=1S/C19H24N2O2/c1-11(2)22-17-9-16-13(6-12(17)3)4-5-20-19(16)23-18-8-15-7-14(18)10-21-15/h4-6,9,11,14-15,18,21H,7-8,10H2,1-3H3/t14-,15?,18-/m1/s1.